The Morgan fingerprint density at radius 1 is 1.17 bits per heavy atom. The summed E-state index contributed by atoms with van der Waals surface area (Å²) in [7, 11) is 2.03. The van der Waals surface area contributed by atoms with Crippen LogP contribution in [-0.4, -0.2) is 48.3 Å². The predicted molar refractivity (Wildman–Crippen MR) is 73.5 cm³/mol. The smallest absolute Gasteiger partial charge is 0.0628 e. The summed E-state index contributed by atoms with van der Waals surface area (Å²) in [6.45, 7) is 2.61. The van der Waals surface area contributed by atoms with Crippen molar-refractivity contribution >= 4 is 0 Å². The van der Waals surface area contributed by atoms with Gasteiger partial charge in [-0.25, -0.2) is 0 Å². The fraction of sp³-hybridized carbons (Fsp3) is 1.00. The average molecular weight is 252 g/mol. The molecule has 0 amide bonds. The third-order valence-corrected chi connectivity index (χ3v) is 5.75. The number of aliphatic hydroxyl groups is 1. The fourth-order valence-corrected chi connectivity index (χ4v) is 4.37. The van der Waals surface area contributed by atoms with Crippen molar-refractivity contribution in [3.63, 3.8) is 0 Å². The summed E-state index contributed by atoms with van der Waals surface area (Å²) in [5.41, 5.74) is -0.0215. The molecule has 3 aliphatic rings. The van der Waals surface area contributed by atoms with E-state index in [1.165, 1.54) is 51.5 Å². The average Bonchev–Trinajstić information content (AvgIpc) is 3.20. The Morgan fingerprint density at radius 2 is 1.94 bits per heavy atom. The molecule has 3 atom stereocenters. The first kappa shape index (κ1) is 12.9. The summed E-state index contributed by atoms with van der Waals surface area (Å²) in [6.07, 6.45) is 9.66. The van der Waals surface area contributed by atoms with Gasteiger partial charge in [-0.1, -0.05) is 12.8 Å². The maximum absolute atomic E-state index is 9.85. The number of fused-ring (bicyclic) bond motifs is 1. The molecule has 1 saturated heterocycles. The van der Waals surface area contributed by atoms with Gasteiger partial charge in [-0.15, -0.1) is 0 Å². The monoisotopic (exact) mass is 252 g/mol. The topological polar surface area (TPSA) is 35.5 Å². The second-order valence-electron chi connectivity index (χ2n) is 6.71. The van der Waals surface area contributed by atoms with Crippen LogP contribution in [0.2, 0.25) is 0 Å². The van der Waals surface area contributed by atoms with Gasteiger partial charge < -0.3 is 10.4 Å². The number of likely N-dealkylation sites (N-methyl/N-ethyl adjacent to an activating group) is 1. The molecule has 3 nitrogen and oxygen atoms in total. The third kappa shape index (κ3) is 2.21. The summed E-state index contributed by atoms with van der Waals surface area (Å²) in [5, 5.41) is 13.3. The molecule has 2 aliphatic carbocycles. The summed E-state index contributed by atoms with van der Waals surface area (Å²) < 4.78 is 0. The molecule has 1 heterocycles. The van der Waals surface area contributed by atoms with E-state index in [4.69, 9.17) is 0 Å². The molecule has 3 rings (SSSR count). The number of nitrogens with one attached hydrogen (secondary N) is 1. The lowest BCUT2D eigenvalue weighted by Gasteiger charge is -2.40. The molecule has 3 unspecified atom stereocenters. The molecule has 104 valence electrons. The van der Waals surface area contributed by atoms with Crippen LogP contribution in [0.1, 0.15) is 44.9 Å². The molecule has 3 heteroatoms. The van der Waals surface area contributed by atoms with Crippen molar-refractivity contribution in [1.29, 1.82) is 0 Å². The third-order valence-electron chi connectivity index (χ3n) is 5.75. The summed E-state index contributed by atoms with van der Waals surface area (Å²) in [5.74, 6) is 1.65. The van der Waals surface area contributed by atoms with Crippen molar-refractivity contribution in [2.45, 2.75) is 56.5 Å². The second-order valence-corrected chi connectivity index (χ2v) is 6.71. The molecule has 0 aromatic heterocycles. The van der Waals surface area contributed by atoms with Crippen LogP contribution in [0, 0.1) is 11.8 Å². The van der Waals surface area contributed by atoms with Gasteiger partial charge in [-0.3, -0.25) is 4.90 Å². The summed E-state index contributed by atoms with van der Waals surface area (Å²) >= 11 is 0. The van der Waals surface area contributed by atoms with Gasteiger partial charge in [0.25, 0.3) is 0 Å². The minimum absolute atomic E-state index is 0.0215. The normalized spacial score (nSPS) is 36.3. The van der Waals surface area contributed by atoms with E-state index in [0.29, 0.717) is 12.5 Å². The Balaban J connectivity index is 1.67. The van der Waals surface area contributed by atoms with Gasteiger partial charge in [0.05, 0.1) is 12.1 Å². The van der Waals surface area contributed by atoms with Crippen LogP contribution in [0.3, 0.4) is 0 Å². The number of nitrogens with zero attached hydrogens (tertiary/aromatic N) is 1. The Labute approximate surface area is 111 Å². The second kappa shape index (κ2) is 5.10. The largest absolute Gasteiger partial charge is 0.394 e. The van der Waals surface area contributed by atoms with Crippen LogP contribution in [0.25, 0.3) is 0 Å². The number of rotatable bonds is 5. The Morgan fingerprint density at radius 3 is 2.61 bits per heavy atom. The zero-order valence-electron chi connectivity index (χ0n) is 11.7. The summed E-state index contributed by atoms with van der Waals surface area (Å²) in [6, 6.07) is 0.816. The van der Waals surface area contributed by atoms with Crippen molar-refractivity contribution in [2.24, 2.45) is 11.8 Å². The van der Waals surface area contributed by atoms with Gasteiger partial charge in [0.1, 0.15) is 0 Å². The minimum Gasteiger partial charge on any atom is -0.394 e. The zero-order valence-corrected chi connectivity index (χ0v) is 11.7. The lowest BCUT2D eigenvalue weighted by molar-refractivity contribution is 0.0776. The van der Waals surface area contributed by atoms with Gasteiger partial charge in [-0.05, 0) is 57.5 Å². The molecule has 0 spiro atoms. The Kier molecular flexibility index (Phi) is 3.65. The van der Waals surface area contributed by atoms with E-state index in [0.717, 1.165) is 18.5 Å². The number of hydrogen-bond acceptors (Lipinski definition) is 3. The number of aliphatic hydroxyl groups excluding tert-OH is 1. The molecule has 0 bridgehead atoms. The minimum atomic E-state index is -0.0215. The first-order valence-corrected chi connectivity index (χ1v) is 7.83. The standard InChI is InChI=1S/C15H28N2O/c1-16-15(11-18,13-6-7-13)10-17-9-8-12-4-2-3-5-14(12)17/h12-14,16,18H,2-11H2,1H3. The SMILES string of the molecule is CNC(CO)(CN1CCC2CCCCC21)C1CC1. The van der Waals surface area contributed by atoms with Crippen molar-refractivity contribution < 1.29 is 5.11 Å². The molecule has 2 N–H and O–H groups in total. The first-order valence-electron chi connectivity index (χ1n) is 7.83. The summed E-state index contributed by atoms with van der Waals surface area (Å²) in [4.78, 5) is 2.69. The molecule has 18 heavy (non-hydrogen) atoms. The molecular weight excluding hydrogens is 224 g/mol. The van der Waals surface area contributed by atoms with E-state index in [2.05, 4.69) is 10.2 Å². The van der Waals surface area contributed by atoms with Crippen molar-refractivity contribution in [3.05, 3.63) is 0 Å². The van der Waals surface area contributed by atoms with Crippen LogP contribution in [0.4, 0.5) is 0 Å². The maximum Gasteiger partial charge on any atom is 0.0628 e. The van der Waals surface area contributed by atoms with Crippen LogP contribution in [-0.2, 0) is 0 Å². The van der Waals surface area contributed by atoms with E-state index in [9.17, 15) is 5.11 Å². The first-order chi connectivity index (χ1) is 8.79. The number of likely N-dealkylation sites (tertiary alicyclic amines) is 1. The highest BCUT2D eigenvalue weighted by Gasteiger charge is 2.47. The highest BCUT2D eigenvalue weighted by molar-refractivity contribution is 5.04. The van der Waals surface area contributed by atoms with E-state index < -0.39 is 0 Å². The predicted octanol–water partition coefficient (Wildman–Crippen LogP) is 1.61. The van der Waals surface area contributed by atoms with Crippen LogP contribution in [0.5, 0.6) is 0 Å². The van der Waals surface area contributed by atoms with E-state index in [-0.39, 0.29) is 5.54 Å². The molecule has 2 saturated carbocycles. The highest BCUT2D eigenvalue weighted by Crippen LogP contribution is 2.42. The lowest BCUT2D eigenvalue weighted by Crippen LogP contribution is -2.57. The molecule has 1 aliphatic heterocycles. The van der Waals surface area contributed by atoms with Gasteiger partial charge in [0, 0.05) is 12.6 Å². The Hall–Kier alpha value is -0.120. The van der Waals surface area contributed by atoms with Crippen molar-refractivity contribution in [1.82, 2.24) is 10.2 Å². The quantitative estimate of drug-likeness (QED) is 0.780. The van der Waals surface area contributed by atoms with E-state index in [1.807, 2.05) is 7.05 Å². The fourth-order valence-electron chi connectivity index (χ4n) is 4.37. The van der Waals surface area contributed by atoms with Crippen molar-refractivity contribution in [2.75, 3.05) is 26.7 Å². The zero-order chi connectivity index (χ0) is 12.6. The van der Waals surface area contributed by atoms with Crippen LogP contribution >= 0.6 is 0 Å². The number of hydrogen-bond donors (Lipinski definition) is 2. The van der Waals surface area contributed by atoms with Gasteiger partial charge >= 0.3 is 0 Å². The van der Waals surface area contributed by atoms with Gasteiger partial charge in [0.15, 0.2) is 0 Å². The molecule has 0 radical (unpaired) electrons. The van der Waals surface area contributed by atoms with Gasteiger partial charge in [0.2, 0.25) is 0 Å². The lowest BCUT2D eigenvalue weighted by atomic mass is 9.84. The molecular formula is C15H28N2O. The maximum atomic E-state index is 9.85. The molecule has 0 aromatic rings. The highest BCUT2D eigenvalue weighted by atomic mass is 16.3. The van der Waals surface area contributed by atoms with Gasteiger partial charge in [-0.2, -0.15) is 0 Å². The molecule has 0 aromatic carbocycles. The van der Waals surface area contributed by atoms with Crippen LogP contribution < -0.4 is 5.32 Å². The van der Waals surface area contributed by atoms with E-state index in [1.54, 1.807) is 0 Å². The van der Waals surface area contributed by atoms with Crippen LogP contribution in [0.15, 0.2) is 0 Å². The van der Waals surface area contributed by atoms with E-state index >= 15 is 0 Å². The molecule has 3 fully saturated rings. The van der Waals surface area contributed by atoms with Crippen molar-refractivity contribution in [3.8, 4) is 0 Å². The Bertz CT molecular complexity index is 286.